The van der Waals surface area contributed by atoms with E-state index in [0.717, 1.165) is 11.1 Å². The molecule has 1 aromatic carbocycles. The first kappa shape index (κ1) is 7.10. The number of ether oxygens (including phenoxy) is 1. The second-order valence-corrected chi connectivity index (χ2v) is 3.58. The number of hydrogen-bond acceptors (Lipinski definition) is 1. The topological polar surface area (TPSA) is 9.23 Å². The van der Waals surface area contributed by atoms with Crippen molar-refractivity contribution in [2.24, 2.45) is 0 Å². The lowest BCUT2D eigenvalue weighted by molar-refractivity contribution is 0.0905. The molecule has 2 atom stereocenters. The molecule has 0 amide bonds. The van der Waals surface area contributed by atoms with E-state index in [1.807, 2.05) is 12.1 Å². The van der Waals surface area contributed by atoms with Crippen molar-refractivity contribution in [2.75, 3.05) is 0 Å². The molecule has 1 fully saturated rings. The van der Waals surface area contributed by atoms with Crippen LogP contribution in [0.25, 0.3) is 0 Å². The first-order chi connectivity index (χ1) is 6.29. The molecule has 2 unspecified atom stereocenters. The fraction of sp³-hybridized carbons (Fsp3) is 0.167. The largest absolute Gasteiger partial charge is 0.356 e. The predicted octanol–water partition coefficient (Wildman–Crippen LogP) is 2.93. The van der Waals surface area contributed by atoms with Gasteiger partial charge in [-0.25, -0.2) is 0 Å². The zero-order chi connectivity index (χ0) is 9.00. The monoisotopic (exact) mass is 170 g/mol. The molecule has 2 heterocycles. The van der Waals surface area contributed by atoms with Crippen molar-refractivity contribution in [2.45, 2.75) is 12.2 Å². The fourth-order valence-electron chi connectivity index (χ4n) is 2.15. The average Bonchev–Trinajstić information content (AvgIpc) is 2.66. The van der Waals surface area contributed by atoms with Gasteiger partial charge in [0.05, 0.1) is 0 Å². The van der Waals surface area contributed by atoms with E-state index in [0.29, 0.717) is 0 Å². The zero-order valence-electron chi connectivity index (χ0n) is 7.29. The summed E-state index contributed by atoms with van der Waals surface area (Å²) in [7, 11) is 0. The Bertz CT molecular complexity index is 378. The standard InChI is InChI=1S/C12H10O/c1-7-8(2)12-10-6-4-3-5-9(10)11(7)13-12/h3-6,11-12H,1-2H2. The Hall–Kier alpha value is -1.34. The summed E-state index contributed by atoms with van der Waals surface area (Å²) in [6.07, 6.45) is 0.155. The Balaban J connectivity index is 2.27. The number of benzene rings is 1. The Morgan fingerprint density at radius 1 is 0.923 bits per heavy atom. The fourth-order valence-corrected chi connectivity index (χ4v) is 2.15. The quantitative estimate of drug-likeness (QED) is 0.581. The van der Waals surface area contributed by atoms with Gasteiger partial charge in [-0.3, -0.25) is 0 Å². The van der Waals surface area contributed by atoms with Crippen molar-refractivity contribution in [3.05, 3.63) is 59.7 Å². The third-order valence-electron chi connectivity index (χ3n) is 2.88. The van der Waals surface area contributed by atoms with Crippen LogP contribution in [-0.4, -0.2) is 0 Å². The summed E-state index contributed by atoms with van der Waals surface area (Å²) < 4.78 is 5.77. The van der Waals surface area contributed by atoms with Crippen LogP contribution < -0.4 is 0 Å². The summed E-state index contributed by atoms with van der Waals surface area (Å²) in [6, 6.07) is 8.30. The van der Waals surface area contributed by atoms with E-state index in [-0.39, 0.29) is 12.2 Å². The minimum Gasteiger partial charge on any atom is -0.356 e. The van der Waals surface area contributed by atoms with E-state index in [1.165, 1.54) is 11.1 Å². The van der Waals surface area contributed by atoms with Gasteiger partial charge in [-0.15, -0.1) is 0 Å². The van der Waals surface area contributed by atoms with Gasteiger partial charge in [0.25, 0.3) is 0 Å². The van der Waals surface area contributed by atoms with Gasteiger partial charge in [0.15, 0.2) is 0 Å². The normalized spacial score (nSPS) is 29.5. The highest BCUT2D eigenvalue weighted by Crippen LogP contribution is 2.55. The summed E-state index contributed by atoms with van der Waals surface area (Å²) in [5.41, 5.74) is 4.63. The van der Waals surface area contributed by atoms with Crippen molar-refractivity contribution in [1.82, 2.24) is 0 Å². The minimum atomic E-state index is 0.0775. The van der Waals surface area contributed by atoms with Crippen LogP contribution in [0.5, 0.6) is 0 Å². The zero-order valence-corrected chi connectivity index (χ0v) is 7.29. The first-order valence-corrected chi connectivity index (χ1v) is 4.41. The van der Waals surface area contributed by atoms with Gasteiger partial charge >= 0.3 is 0 Å². The molecule has 0 N–H and O–H groups in total. The third-order valence-corrected chi connectivity index (χ3v) is 2.88. The summed E-state index contributed by atoms with van der Waals surface area (Å²) in [6.45, 7) is 7.98. The van der Waals surface area contributed by atoms with E-state index in [2.05, 4.69) is 25.3 Å². The van der Waals surface area contributed by atoms with Crippen molar-refractivity contribution >= 4 is 0 Å². The maximum absolute atomic E-state index is 5.77. The minimum absolute atomic E-state index is 0.0775. The highest BCUT2D eigenvalue weighted by molar-refractivity contribution is 5.54. The van der Waals surface area contributed by atoms with Crippen LogP contribution in [0.2, 0.25) is 0 Å². The molecular weight excluding hydrogens is 160 g/mol. The van der Waals surface area contributed by atoms with E-state index < -0.39 is 0 Å². The third kappa shape index (κ3) is 0.706. The van der Waals surface area contributed by atoms with Crippen LogP contribution in [0.4, 0.5) is 0 Å². The smallest absolute Gasteiger partial charge is 0.109 e. The van der Waals surface area contributed by atoms with Gasteiger partial charge in [0, 0.05) is 0 Å². The molecule has 1 aromatic rings. The van der Waals surface area contributed by atoms with Crippen LogP contribution >= 0.6 is 0 Å². The number of fused-ring (bicyclic) bond motifs is 5. The Kier molecular flexibility index (Phi) is 1.16. The summed E-state index contributed by atoms with van der Waals surface area (Å²) in [5.74, 6) is 0. The maximum Gasteiger partial charge on any atom is 0.109 e. The van der Waals surface area contributed by atoms with Crippen LogP contribution in [0.15, 0.2) is 48.6 Å². The molecule has 1 nitrogen and oxygen atoms in total. The molecule has 1 heteroatoms. The summed E-state index contributed by atoms with van der Waals surface area (Å²) >= 11 is 0. The van der Waals surface area contributed by atoms with Gasteiger partial charge in [0.2, 0.25) is 0 Å². The second kappa shape index (κ2) is 2.12. The molecular formula is C12H10O. The van der Waals surface area contributed by atoms with Gasteiger partial charge in [0.1, 0.15) is 12.2 Å². The molecule has 13 heavy (non-hydrogen) atoms. The molecule has 0 aliphatic carbocycles. The van der Waals surface area contributed by atoms with Crippen molar-refractivity contribution in [1.29, 1.82) is 0 Å². The van der Waals surface area contributed by atoms with Crippen LogP contribution in [0.1, 0.15) is 23.3 Å². The van der Waals surface area contributed by atoms with Gasteiger partial charge in [-0.2, -0.15) is 0 Å². The molecule has 1 saturated heterocycles. The average molecular weight is 170 g/mol. The Morgan fingerprint density at radius 3 is 1.85 bits per heavy atom. The number of rotatable bonds is 0. The first-order valence-electron chi connectivity index (χ1n) is 4.41. The molecule has 0 aromatic heterocycles. The molecule has 0 saturated carbocycles. The SMILES string of the molecule is C=C1C(=C)C2OC1c1ccccc12. The summed E-state index contributed by atoms with van der Waals surface area (Å²) in [4.78, 5) is 0. The highest BCUT2D eigenvalue weighted by Gasteiger charge is 2.42. The maximum atomic E-state index is 5.77. The molecule has 0 spiro atoms. The lowest BCUT2D eigenvalue weighted by Crippen LogP contribution is -2.01. The van der Waals surface area contributed by atoms with Crippen molar-refractivity contribution in [3.63, 3.8) is 0 Å². The van der Waals surface area contributed by atoms with E-state index >= 15 is 0 Å². The van der Waals surface area contributed by atoms with E-state index in [4.69, 9.17) is 4.74 Å². The molecule has 3 rings (SSSR count). The molecule has 2 bridgehead atoms. The molecule has 64 valence electrons. The van der Waals surface area contributed by atoms with Crippen molar-refractivity contribution in [3.8, 4) is 0 Å². The van der Waals surface area contributed by atoms with Gasteiger partial charge in [-0.05, 0) is 22.3 Å². The highest BCUT2D eigenvalue weighted by atomic mass is 16.5. The van der Waals surface area contributed by atoms with Gasteiger partial charge < -0.3 is 4.74 Å². The Morgan fingerprint density at radius 2 is 1.38 bits per heavy atom. The van der Waals surface area contributed by atoms with Crippen LogP contribution in [0.3, 0.4) is 0 Å². The molecule has 2 aliphatic rings. The summed E-state index contributed by atoms with van der Waals surface area (Å²) in [5, 5.41) is 0. The predicted molar refractivity (Wildman–Crippen MR) is 51.3 cm³/mol. The lowest BCUT2D eigenvalue weighted by Gasteiger charge is -2.14. The second-order valence-electron chi connectivity index (χ2n) is 3.58. The van der Waals surface area contributed by atoms with Crippen molar-refractivity contribution < 1.29 is 4.74 Å². The van der Waals surface area contributed by atoms with E-state index in [1.54, 1.807) is 0 Å². The van der Waals surface area contributed by atoms with Crippen LogP contribution in [0, 0.1) is 0 Å². The number of hydrogen-bond donors (Lipinski definition) is 0. The Labute approximate surface area is 77.3 Å². The lowest BCUT2D eigenvalue weighted by atomic mass is 9.86. The van der Waals surface area contributed by atoms with Crippen LogP contribution in [-0.2, 0) is 4.74 Å². The van der Waals surface area contributed by atoms with E-state index in [9.17, 15) is 0 Å². The van der Waals surface area contributed by atoms with Gasteiger partial charge in [-0.1, -0.05) is 37.4 Å². The molecule has 2 aliphatic heterocycles. The molecule has 0 radical (unpaired) electrons.